The number of hydrogen-bond acceptors (Lipinski definition) is 4. The Hall–Kier alpha value is -2.70. The Bertz CT molecular complexity index is 565. The summed E-state index contributed by atoms with van der Waals surface area (Å²) in [5.41, 5.74) is 1.05. The monoisotopic (exact) mass is 246 g/mol. The van der Waals surface area contributed by atoms with Gasteiger partial charge >= 0.3 is 5.97 Å². The zero-order valence-electron chi connectivity index (χ0n) is 9.25. The predicted octanol–water partition coefficient (Wildman–Crippen LogP) is 0.684. The summed E-state index contributed by atoms with van der Waals surface area (Å²) >= 11 is 0. The maximum atomic E-state index is 11.6. The molecule has 0 unspecified atom stereocenters. The van der Waals surface area contributed by atoms with E-state index in [1.165, 1.54) is 18.5 Å². The van der Waals surface area contributed by atoms with Crippen molar-refractivity contribution in [2.45, 2.75) is 6.42 Å². The van der Waals surface area contributed by atoms with Crippen molar-refractivity contribution in [2.24, 2.45) is 0 Å². The van der Waals surface area contributed by atoms with Crippen molar-refractivity contribution in [3.05, 3.63) is 42.0 Å². The molecule has 2 aromatic heterocycles. The Labute approximate surface area is 102 Å². The zero-order chi connectivity index (χ0) is 13.0. The maximum Gasteiger partial charge on any atom is 0.337 e. The maximum absolute atomic E-state index is 11.6. The molecule has 0 aromatic carbocycles. The first-order valence-electron chi connectivity index (χ1n) is 5.11. The normalized spacial score (nSPS) is 10.0. The summed E-state index contributed by atoms with van der Waals surface area (Å²) in [6.45, 7) is 0. The van der Waals surface area contributed by atoms with Gasteiger partial charge in [0.25, 0.3) is 0 Å². The van der Waals surface area contributed by atoms with Gasteiger partial charge < -0.3 is 10.4 Å². The molecule has 7 nitrogen and oxygen atoms in total. The molecule has 0 radical (unpaired) electrons. The van der Waals surface area contributed by atoms with Gasteiger partial charge in [0, 0.05) is 18.1 Å². The minimum absolute atomic E-state index is 0.0225. The lowest BCUT2D eigenvalue weighted by Gasteiger charge is -2.04. The molecule has 0 saturated heterocycles. The second-order valence-electron chi connectivity index (χ2n) is 3.57. The molecule has 2 heterocycles. The lowest BCUT2D eigenvalue weighted by atomic mass is 10.2. The molecule has 18 heavy (non-hydrogen) atoms. The quantitative estimate of drug-likeness (QED) is 0.735. The summed E-state index contributed by atoms with van der Waals surface area (Å²) in [5, 5.41) is 17.7. The van der Waals surface area contributed by atoms with Gasteiger partial charge in [-0.25, -0.2) is 4.79 Å². The lowest BCUT2D eigenvalue weighted by molar-refractivity contribution is -0.115. The molecule has 1 amide bonds. The summed E-state index contributed by atoms with van der Waals surface area (Å²) in [5.74, 6) is -1.37. The van der Waals surface area contributed by atoms with Crippen molar-refractivity contribution in [1.29, 1.82) is 0 Å². The summed E-state index contributed by atoms with van der Waals surface area (Å²) in [4.78, 5) is 26.1. The second-order valence-corrected chi connectivity index (χ2v) is 3.57. The van der Waals surface area contributed by atoms with Gasteiger partial charge in [0.2, 0.25) is 5.91 Å². The number of aromatic amines is 1. The van der Waals surface area contributed by atoms with Gasteiger partial charge in [-0.3, -0.25) is 14.9 Å². The molecule has 7 heteroatoms. The van der Waals surface area contributed by atoms with Crippen molar-refractivity contribution in [3.8, 4) is 0 Å². The number of rotatable bonds is 4. The van der Waals surface area contributed by atoms with Crippen molar-refractivity contribution in [2.75, 3.05) is 5.32 Å². The van der Waals surface area contributed by atoms with Crippen LogP contribution in [-0.4, -0.2) is 32.2 Å². The first-order valence-corrected chi connectivity index (χ1v) is 5.11. The van der Waals surface area contributed by atoms with E-state index in [9.17, 15) is 9.59 Å². The molecular weight excluding hydrogens is 236 g/mol. The van der Waals surface area contributed by atoms with Crippen LogP contribution in [0.4, 0.5) is 5.69 Å². The highest BCUT2D eigenvalue weighted by atomic mass is 16.4. The van der Waals surface area contributed by atoms with Crippen molar-refractivity contribution >= 4 is 17.6 Å². The van der Waals surface area contributed by atoms with E-state index in [1.54, 1.807) is 12.3 Å². The molecule has 0 bridgehead atoms. The van der Waals surface area contributed by atoms with E-state index in [2.05, 4.69) is 20.5 Å². The van der Waals surface area contributed by atoms with Gasteiger partial charge in [-0.15, -0.1) is 0 Å². The second kappa shape index (κ2) is 5.09. The Morgan fingerprint density at radius 1 is 1.39 bits per heavy atom. The van der Waals surface area contributed by atoms with Crippen LogP contribution >= 0.6 is 0 Å². The smallest absolute Gasteiger partial charge is 0.337 e. The number of carboxylic acids is 1. The summed E-state index contributed by atoms with van der Waals surface area (Å²) in [6, 6.07) is 3.03. The summed E-state index contributed by atoms with van der Waals surface area (Å²) in [7, 11) is 0. The predicted molar refractivity (Wildman–Crippen MR) is 62.1 cm³/mol. The molecule has 0 aliphatic heterocycles. The van der Waals surface area contributed by atoms with Gasteiger partial charge in [-0.1, -0.05) is 0 Å². The Kier molecular flexibility index (Phi) is 3.33. The molecule has 0 saturated carbocycles. The number of nitrogens with zero attached hydrogens (tertiary/aromatic N) is 2. The van der Waals surface area contributed by atoms with Crippen LogP contribution in [0.3, 0.4) is 0 Å². The first-order chi connectivity index (χ1) is 8.65. The molecule has 2 aromatic rings. The Balaban J connectivity index is 2.03. The summed E-state index contributed by atoms with van der Waals surface area (Å²) < 4.78 is 0. The van der Waals surface area contributed by atoms with Crippen LogP contribution in [0, 0.1) is 0 Å². The lowest BCUT2D eigenvalue weighted by Crippen LogP contribution is -2.15. The van der Waals surface area contributed by atoms with Crippen LogP contribution in [0.5, 0.6) is 0 Å². The van der Waals surface area contributed by atoms with E-state index < -0.39 is 5.97 Å². The number of aromatic carboxylic acids is 1. The third kappa shape index (κ3) is 2.91. The minimum atomic E-state index is -1.09. The number of nitrogens with one attached hydrogen (secondary N) is 2. The fourth-order valence-corrected chi connectivity index (χ4v) is 1.39. The molecule has 0 aliphatic carbocycles. The number of aromatic nitrogens is 3. The van der Waals surface area contributed by atoms with E-state index in [-0.39, 0.29) is 17.9 Å². The highest BCUT2D eigenvalue weighted by Gasteiger charge is 2.08. The fourth-order valence-electron chi connectivity index (χ4n) is 1.39. The number of pyridine rings is 1. The topological polar surface area (TPSA) is 108 Å². The van der Waals surface area contributed by atoms with Crippen LogP contribution in [0.2, 0.25) is 0 Å². The Morgan fingerprint density at radius 2 is 2.22 bits per heavy atom. The SMILES string of the molecule is O=C(Cc1ccn[nH]1)Nc1cncc(C(=O)O)c1. The summed E-state index contributed by atoms with van der Waals surface area (Å²) in [6.07, 6.45) is 4.29. The van der Waals surface area contributed by atoms with Gasteiger partial charge in [0.15, 0.2) is 0 Å². The highest BCUT2D eigenvalue weighted by Crippen LogP contribution is 2.09. The molecule has 0 aliphatic rings. The number of carboxylic acid groups (broad SMARTS) is 1. The van der Waals surface area contributed by atoms with Crippen molar-refractivity contribution in [3.63, 3.8) is 0 Å². The highest BCUT2D eigenvalue weighted by molar-refractivity contribution is 5.94. The van der Waals surface area contributed by atoms with Gasteiger partial charge in [0.05, 0.1) is 23.9 Å². The van der Waals surface area contributed by atoms with Crippen LogP contribution in [0.1, 0.15) is 16.1 Å². The standard InChI is InChI=1S/C11H10N4O3/c16-10(4-8-1-2-13-15-8)14-9-3-7(11(17)18)5-12-6-9/h1-3,5-6H,4H2,(H,13,15)(H,14,16)(H,17,18). The minimum Gasteiger partial charge on any atom is -0.478 e. The molecule has 92 valence electrons. The van der Waals surface area contributed by atoms with Gasteiger partial charge in [-0.2, -0.15) is 5.10 Å². The van der Waals surface area contributed by atoms with E-state index in [1.807, 2.05) is 0 Å². The van der Waals surface area contributed by atoms with Crippen LogP contribution in [-0.2, 0) is 11.2 Å². The first kappa shape index (κ1) is 11.8. The molecular formula is C11H10N4O3. The largest absolute Gasteiger partial charge is 0.478 e. The number of hydrogen-bond donors (Lipinski definition) is 3. The zero-order valence-corrected chi connectivity index (χ0v) is 9.25. The van der Waals surface area contributed by atoms with Crippen LogP contribution in [0.25, 0.3) is 0 Å². The average molecular weight is 246 g/mol. The van der Waals surface area contributed by atoms with E-state index in [4.69, 9.17) is 5.11 Å². The molecule has 3 N–H and O–H groups in total. The van der Waals surface area contributed by atoms with Gasteiger partial charge in [-0.05, 0) is 12.1 Å². The van der Waals surface area contributed by atoms with Crippen LogP contribution < -0.4 is 5.32 Å². The van der Waals surface area contributed by atoms with E-state index in [0.29, 0.717) is 11.4 Å². The third-order valence-electron chi connectivity index (χ3n) is 2.18. The molecule has 2 rings (SSSR count). The number of carbonyl (C=O) groups is 2. The molecule has 0 atom stereocenters. The van der Waals surface area contributed by atoms with Gasteiger partial charge in [0.1, 0.15) is 0 Å². The van der Waals surface area contributed by atoms with Crippen molar-refractivity contribution < 1.29 is 14.7 Å². The average Bonchev–Trinajstić information content (AvgIpc) is 2.82. The number of amides is 1. The van der Waals surface area contributed by atoms with Crippen molar-refractivity contribution in [1.82, 2.24) is 15.2 Å². The third-order valence-corrected chi connectivity index (χ3v) is 2.18. The Morgan fingerprint density at radius 3 is 2.89 bits per heavy atom. The fraction of sp³-hybridized carbons (Fsp3) is 0.0909. The molecule has 0 fully saturated rings. The molecule has 0 spiro atoms. The van der Waals surface area contributed by atoms with E-state index >= 15 is 0 Å². The number of carbonyl (C=O) groups excluding carboxylic acids is 1. The number of H-pyrrole nitrogens is 1. The van der Waals surface area contributed by atoms with Crippen LogP contribution in [0.15, 0.2) is 30.7 Å². The number of anilines is 1. The van der Waals surface area contributed by atoms with E-state index in [0.717, 1.165) is 0 Å².